The van der Waals surface area contributed by atoms with Crippen molar-refractivity contribution in [2.45, 2.75) is 45.4 Å². The molecule has 0 amide bonds. The van der Waals surface area contributed by atoms with Gasteiger partial charge in [-0.2, -0.15) is 0 Å². The van der Waals surface area contributed by atoms with Gasteiger partial charge in [-0.25, -0.2) is 0 Å². The zero-order chi connectivity index (χ0) is 15.2. The molecule has 0 saturated carbocycles. The second-order valence-corrected chi connectivity index (χ2v) is 6.28. The first-order valence-corrected chi connectivity index (χ1v) is 8.22. The van der Waals surface area contributed by atoms with Crippen LogP contribution in [0.4, 0.5) is 0 Å². The molecule has 2 atom stereocenters. The van der Waals surface area contributed by atoms with Gasteiger partial charge in [0.05, 0.1) is 19.3 Å². The molecule has 0 spiro atoms. The quantitative estimate of drug-likeness (QED) is 0.834. The Balaban J connectivity index is 2.02. The topological polar surface area (TPSA) is 24.5 Å². The van der Waals surface area contributed by atoms with E-state index in [0.717, 1.165) is 25.7 Å². The van der Waals surface area contributed by atoms with E-state index in [1.165, 1.54) is 24.0 Å². The van der Waals surface area contributed by atoms with E-state index in [0.29, 0.717) is 12.1 Å². The molecule has 3 heteroatoms. The molecule has 1 heterocycles. The van der Waals surface area contributed by atoms with Crippen LogP contribution in [-0.2, 0) is 11.3 Å². The Bertz CT molecular complexity index is 429. The summed E-state index contributed by atoms with van der Waals surface area (Å²) in [4.78, 5) is 2.36. The van der Waals surface area contributed by atoms with E-state index in [1.807, 2.05) is 0 Å². The summed E-state index contributed by atoms with van der Waals surface area (Å²) in [7, 11) is 4.38. The molecule has 118 valence electrons. The molecule has 0 saturated heterocycles. The summed E-state index contributed by atoms with van der Waals surface area (Å²) in [5.74, 6) is 0.743. The summed E-state index contributed by atoms with van der Waals surface area (Å²) in [6.07, 6.45) is 2.47. The molecule has 1 N–H and O–H groups in total. The normalized spacial score (nSPS) is 19.8. The van der Waals surface area contributed by atoms with Crippen LogP contribution in [-0.4, -0.2) is 38.2 Å². The molecule has 3 nitrogen and oxygen atoms in total. The van der Waals surface area contributed by atoms with Crippen molar-refractivity contribution < 1.29 is 4.74 Å². The second-order valence-electron chi connectivity index (χ2n) is 6.28. The second kappa shape index (κ2) is 7.92. The first-order chi connectivity index (χ1) is 10.2. The third-order valence-corrected chi connectivity index (χ3v) is 4.80. The van der Waals surface area contributed by atoms with Gasteiger partial charge in [-0.3, -0.25) is 0 Å². The molecule has 1 aromatic carbocycles. The lowest BCUT2D eigenvalue weighted by Gasteiger charge is -2.34. The maximum absolute atomic E-state index is 5.74. The SMILES string of the molecule is CCC(CC)C(CNC1COCc2ccccc21)N(C)C. The highest BCUT2D eigenvalue weighted by Crippen LogP contribution is 2.25. The summed E-state index contributed by atoms with van der Waals surface area (Å²) in [6.45, 7) is 7.13. The Kier molecular flexibility index (Phi) is 6.22. The van der Waals surface area contributed by atoms with Crippen LogP contribution in [0.1, 0.15) is 43.9 Å². The van der Waals surface area contributed by atoms with E-state index in [-0.39, 0.29) is 0 Å². The van der Waals surface area contributed by atoms with Crippen LogP contribution in [0.3, 0.4) is 0 Å². The van der Waals surface area contributed by atoms with Gasteiger partial charge in [-0.15, -0.1) is 0 Å². The molecular formula is C18H30N2O. The predicted octanol–water partition coefficient (Wildman–Crippen LogP) is 3.21. The number of hydrogen-bond donors (Lipinski definition) is 1. The Labute approximate surface area is 129 Å². The molecule has 2 unspecified atom stereocenters. The van der Waals surface area contributed by atoms with Gasteiger partial charge in [0.1, 0.15) is 0 Å². The average Bonchev–Trinajstić information content (AvgIpc) is 2.51. The van der Waals surface area contributed by atoms with Crippen LogP contribution in [0.15, 0.2) is 24.3 Å². The molecule has 21 heavy (non-hydrogen) atoms. The summed E-state index contributed by atoms with van der Waals surface area (Å²) < 4.78 is 5.74. The number of nitrogens with one attached hydrogen (secondary N) is 1. The molecule has 1 aliphatic heterocycles. The van der Waals surface area contributed by atoms with Crippen LogP contribution in [0, 0.1) is 5.92 Å². The van der Waals surface area contributed by atoms with E-state index >= 15 is 0 Å². The smallest absolute Gasteiger partial charge is 0.0721 e. The Morgan fingerprint density at radius 1 is 1.24 bits per heavy atom. The maximum atomic E-state index is 5.74. The van der Waals surface area contributed by atoms with Gasteiger partial charge in [0.25, 0.3) is 0 Å². The van der Waals surface area contributed by atoms with E-state index in [4.69, 9.17) is 4.74 Å². The van der Waals surface area contributed by atoms with Gasteiger partial charge >= 0.3 is 0 Å². The molecule has 0 bridgehead atoms. The highest BCUT2D eigenvalue weighted by atomic mass is 16.5. The Morgan fingerprint density at radius 3 is 2.62 bits per heavy atom. The van der Waals surface area contributed by atoms with Gasteiger partial charge in [0, 0.05) is 12.6 Å². The van der Waals surface area contributed by atoms with Gasteiger partial charge < -0.3 is 15.0 Å². The van der Waals surface area contributed by atoms with E-state index in [2.05, 4.69) is 62.4 Å². The number of fused-ring (bicyclic) bond motifs is 1. The van der Waals surface area contributed by atoms with Gasteiger partial charge in [-0.05, 0) is 31.1 Å². The summed E-state index contributed by atoms with van der Waals surface area (Å²) in [6, 6.07) is 9.53. The minimum Gasteiger partial charge on any atom is -0.375 e. The zero-order valence-electron chi connectivity index (χ0n) is 13.9. The largest absolute Gasteiger partial charge is 0.375 e. The van der Waals surface area contributed by atoms with Crippen molar-refractivity contribution in [3.63, 3.8) is 0 Å². The van der Waals surface area contributed by atoms with E-state index < -0.39 is 0 Å². The molecule has 0 aromatic heterocycles. The third-order valence-electron chi connectivity index (χ3n) is 4.80. The van der Waals surface area contributed by atoms with Crippen LogP contribution < -0.4 is 5.32 Å². The summed E-state index contributed by atoms with van der Waals surface area (Å²) in [5.41, 5.74) is 2.73. The fourth-order valence-electron chi connectivity index (χ4n) is 3.42. The summed E-state index contributed by atoms with van der Waals surface area (Å²) in [5, 5.41) is 3.74. The average molecular weight is 290 g/mol. The van der Waals surface area contributed by atoms with Crippen LogP contribution in [0.25, 0.3) is 0 Å². The fourth-order valence-corrected chi connectivity index (χ4v) is 3.42. The highest BCUT2D eigenvalue weighted by Gasteiger charge is 2.24. The fraction of sp³-hybridized carbons (Fsp3) is 0.667. The minimum atomic E-state index is 0.326. The monoisotopic (exact) mass is 290 g/mol. The molecule has 1 aromatic rings. The first kappa shape index (κ1) is 16.5. The van der Waals surface area contributed by atoms with Gasteiger partial charge in [0.15, 0.2) is 0 Å². The number of benzene rings is 1. The van der Waals surface area contributed by atoms with E-state index in [1.54, 1.807) is 0 Å². The maximum Gasteiger partial charge on any atom is 0.0721 e. The van der Waals surface area contributed by atoms with Gasteiger partial charge in [-0.1, -0.05) is 51.0 Å². The molecular weight excluding hydrogens is 260 g/mol. The molecule has 0 radical (unpaired) electrons. The lowest BCUT2D eigenvalue weighted by atomic mass is 9.92. The standard InChI is InChI=1S/C18H30N2O/c1-5-14(6-2)18(20(3)4)11-19-17-13-21-12-15-9-7-8-10-16(15)17/h7-10,14,17-19H,5-6,11-13H2,1-4H3. The molecule has 2 rings (SSSR count). The minimum absolute atomic E-state index is 0.326. The van der Waals surface area contributed by atoms with Crippen molar-refractivity contribution in [3.8, 4) is 0 Å². The van der Waals surface area contributed by atoms with E-state index in [9.17, 15) is 0 Å². The Hall–Kier alpha value is -0.900. The van der Waals surface area contributed by atoms with Crippen molar-refractivity contribution in [1.29, 1.82) is 0 Å². The van der Waals surface area contributed by atoms with Crippen LogP contribution in [0.2, 0.25) is 0 Å². The van der Waals surface area contributed by atoms with Crippen molar-refractivity contribution >= 4 is 0 Å². The van der Waals surface area contributed by atoms with Crippen molar-refractivity contribution in [2.24, 2.45) is 5.92 Å². The lowest BCUT2D eigenvalue weighted by Crippen LogP contribution is -2.45. The number of ether oxygens (including phenoxy) is 1. The number of rotatable bonds is 7. The lowest BCUT2D eigenvalue weighted by molar-refractivity contribution is 0.0773. The highest BCUT2D eigenvalue weighted by molar-refractivity contribution is 5.31. The molecule has 0 fully saturated rings. The summed E-state index contributed by atoms with van der Waals surface area (Å²) >= 11 is 0. The van der Waals surface area contributed by atoms with Crippen molar-refractivity contribution in [3.05, 3.63) is 35.4 Å². The Morgan fingerprint density at radius 2 is 1.95 bits per heavy atom. The van der Waals surface area contributed by atoms with Crippen molar-refractivity contribution in [2.75, 3.05) is 27.2 Å². The predicted molar refractivity (Wildman–Crippen MR) is 88.4 cm³/mol. The van der Waals surface area contributed by atoms with Gasteiger partial charge in [0.2, 0.25) is 0 Å². The van der Waals surface area contributed by atoms with Crippen molar-refractivity contribution in [1.82, 2.24) is 10.2 Å². The molecule has 1 aliphatic rings. The van der Waals surface area contributed by atoms with Crippen LogP contribution >= 0.6 is 0 Å². The number of nitrogens with zero attached hydrogens (tertiary/aromatic N) is 1. The number of likely N-dealkylation sites (N-methyl/N-ethyl adjacent to an activating group) is 1. The number of hydrogen-bond acceptors (Lipinski definition) is 3. The first-order valence-electron chi connectivity index (χ1n) is 8.22. The third kappa shape index (κ3) is 4.06. The molecule has 0 aliphatic carbocycles. The zero-order valence-corrected chi connectivity index (χ0v) is 13.9. The van der Waals surface area contributed by atoms with Crippen LogP contribution in [0.5, 0.6) is 0 Å².